The number of carbonyl (C=O) groups is 2. The molecule has 0 aliphatic heterocycles. The second-order valence-corrected chi connectivity index (χ2v) is 9.35. The molecule has 0 radical (unpaired) electrons. The van der Waals surface area contributed by atoms with E-state index >= 15 is 0 Å². The Morgan fingerprint density at radius 2 is 1.12 bits per heavy atom. The van der Waals surface area contributed by atoms with Gasteiger partial charge >= 0.3 is 5.97 Å². The highest BCUT2D eigenvalue weighted by atomic mass is 35.5. The van der Waals surface area contributed by atoms with Crippen LogP contribution in [0.25, 0.3) is 0 Å². The van der Waals surface area contributed by atoms with E-state index in [1.165, 1.54) is 90.9 Å². The maximum absolute atomic E-state index is 12.5. The zero-order chi connectivity index (χ0) is 24.2. The zero-order valence-corrected chi connectivity index (χ0v) is 22.2. The smallest absolute Gasteiger partial charge is 0.324 e. The first kappa shape index (κ1) is 34.0. The Morgan fingerprint density at radius 1 is 0.758 bits per heavy atom. The van der Waals surface area contributed by atoms with Gasteiger partial charge in [0.15, 0.2) is 0 Å². The fourth-order valence-electron chi connectivity index (χ4n) is 3.91. The molecule has 0 saturated heterocycles. The van der Waals surface area contributed by atoms with E-state index in [1.807, 2.05) is 6.07 Å². The maximum Gasteiger partial charge on any atom is 0.324 e. The summed E-state index contributed by atoms with van der Waals surface area (Å²) in [5, 5.41) is 9.61. The monoisotopic (exact) mass is 487 g/mol. The quantitative estimate of drug-likeness (QED) is 0.148. The van der Waals surface area contributed by atoms with Crippen molar-refractivity contribution >= 4 is 24.2 Å². The molecular formula is C26H50ClN3O3. The maximum atomic E-state index is 12.5. The van der Waals surface area contributed by atoms with E-state index < -0.39 is 29.4 Å². The number of ketones is 1. The van der Waals surface area contributed by atoms with Crippen LogP contribution in [0.2, 0.25) is 0 Å². The molecule has 0 heterocycles. The minimum atomic E-state index is -1.82. The number of nitriles is 1. The number of rotatable bonds is 21. The topological polar surface area (TPSA) is 119 Å². The molecule has 0 aliphatic rings. The van der Waals surface area contributed by atoms with Gasteiger partial charge < -0.3 is 16.2 Å². The van der Waals surface area contributed by atoms with Crippen LogP contribution in [0.1, 0.15) is 130 Å². The Hall–Kier alpha value is -1.16. The van der Waals surface area contributed by atoms with E-state index in [-0.39, 0.29) is 18.8 Å². The van der Waals surface area contributed by atoms with Crippen LogP contribution in [0.4, 0.5) is 0 Å². The molecule has 0 aromatic carbocycles. The van der Waals surface area contributed by atoms with Crippen molar-refractivity contribution in [3.8, 4) is 6.07 Å². The standard InChI is InChI=1S/C26H49N3O3.ClH/c1-4-5-6-7-8-9-10-11-12-13-14-15-16-17-18-19-20-26(21-27,24(30)22(2)28)32-25(31)23(3)29;/h22-23H,4-20,28-29H2,1-3H3;1H/t22-,23+,26?;/m1./s1. The van der Waals surface area contributed by atoms with Crippen molar-refractivity contribution in [1.29, 1.82) is 5.26 Å². The number of unbranched alkanes of at least 4 members (excludes halogenated alkanes) is 15. The summed E-state index contributed by atoms with van der Waals surface area (Å²) in [7, 11) is 0. The predicted octanol–water partition coefficient (Wildman–Crippen LogP) is 6.13. The van der Waals surface area contributed by atoms with Crippen LogP contribution < -0.4 is 11.5 Å². The normalized spacial score (nSPS) is 14.4. The third-order valence-corrected chi connectivity index (χ3v) is 6.02. The van der Waals surface area contributed by atoms with E-state index in [0.717, 1.165) is 19.3 Å². The van der Waals surface area contributed by atoms with Gasteiger partial charge in [-0.1, -0.05) is 103 Å². The number of esters is 1. The van der Waals surface area contributed by atoms with Crippen LogP contribution in [0, 0.1) is 11.3 Å². The number of nitrogens with zero attached hydrogens (tertiary/aromatic N) is 1. The van der Waals surface area contributed by atoms with Crippen molar-refractivity contribution in [3.05, 3.63) is 0 Å². The lowest BCUT2D eigenvalue weighted by molar-refractivity contribution is -0.163. The lowest BCUT2D eigenvalue weighted by atomic mass is 9.89. The van der Waals surface area contributed by atoms with Crippen LogP contribution in [0.15, 0.2) is 0 Å². The minimum Gasteiger partial charge on any atom is -0.435 e. The van der Waals surface area contributed by atoms with Gasteiger partial charge in [-0.2, -0.15) is 5.26 Å². The summed E-state index contributed by atoms with van der Waals surface area (Å²) < 4.78 is 5.24. The Balaban J connectivity index is 0. The van der Waals surface area contributed by atoms with Gasteiger partial charge in [0.1, 0.15) is 12.1 Å². The van der Waals surface area contributed by atoms with Gasteiger partial charge in [0.25, 0.3) is 5.60 Å². The SMILES string of the molecule is CCCCCCCCCCCCCCCCCCC(C#N)(OC(=O)[C@H](C)N)C(=O)[C@@H](C)N.Cl. The Bertz CT molecular complexity index is 549. The van der Waals surface area contributed by atoms with Crippen molar-refractivity contribution in [3.63, 3.8) is 0 Å². The summed E-state index contributed by atoms with van der Waals surface area (Å²) in [4.78, 5) is 24.4. The summed E-state index contributed by atoms with van der Waals surface area (Å²) in [5.74, 6) is -1.31. The minimum absolute atomic E-state index is 0. The average molecular weight is 488 g/mol. The molecule has 194 valence electrons. The fourth-order valence-corrected chi connectivity index (χ4v) is 3.91. The average Bonchev–Trinajstić information content (AvgIpc) is 2.77. The molecule has 0 rings (SSSR count). The van der Waals surface area contributed by atoms with E-state index in [0.29, 0.717) is 6.42 Å². The lowest BCUT2D eigenvalue weighted by Crippen LogP contribution is -2.51. The van der Waals surface area contributed by atoms with Crippen LogP contribution in [0.3, 0.4) is 0 Å². The number of hydrogen-bond donors (Lipinski definition) is 2. The van der Waals surface area contributed by atoms with E-state index in [4.69, 9.17) is 16.2 Å². The molecule has 0 aromatic rings. The molecule has 4 N–H and O–H groups in total. The molecule has 3 atom stereocenters. The van der Waals surface area contributed by atoms with Gasteiger partial charge in [-0.05, 0) is 20.3 Å². The summed E-state index contributed by atoms with van der Waals surface area (Å²) in [6, 6.07) is 0.134. The summed E-state index contributed by atoms with van der Waals surface area (Å²) in [6.45, 7) is 5.23. The van der Waals surface area contributed by atoms with Gasteiger partial charge in [0, 0.05) is 6.42 Å². The van der Waals surface area contributed by atoms with E-state index in [1.54, 1.807) is 0 Å². The van der Waals surface area contributed by atoms with Crippen LogP contribution in [0.5, 0.6) is 0 Å². The van der Waals surface area contributed by atoms with Crippen molar-refractivity contribution in [1.82, 2.24) is 0 Å². The van der Waals surface area contributed by atoms with Gasteiger partial charge in [0.2, 0.25) is 5.78 Å². The third-order valence-electron chi connectivity index (χ3n) is 6.02. The van der Waals surface area contributed by atoms with Gasteiger partial charge in [0.05, 0.1) is 6.04 Å². The Kier molecular flexibility index (Phi) is 22.0. The molecule has 0 spiro atoms. The van der Waals surface area contributed by atoms with E-state index in [2.05, 4.69) is 6.92 Å². The molecule has 33 heavy (non-hydrogen) atoms. The molecule has 0 bridgehead atoms. The predicted molar refractivity (Wildman–Crippen MR) is 138 cm³/mol. The molecule has 0 fully saturated rings. The highest BCUT2D eigenvalue weighted by molar-refractivity contribution is 5.96. The largest absolute Gasteiger partial charge is 0.435 e. The number of Topliss-reactive ketones (excluding diaryl/α,β-unsaturated/α-hetero) is 1. The van der Waals surface area contributed by atoms with Crippen LogP contribution in [-0.4, -0.2) is 29.4 Å². The summed E-state index contributed by atoms with van der Waals surface area (Å²) >= 11 is 0. The second-order valence-electron chi connectivity index (χ2n) is 9.35. The number of hydrogen-bond acceptors (Lipinski definition) is 6. The first-order chi connectivity index (χ1) is 15.3. The number of halogens is 1. The second kappa shape index (κ2) is 21.4. The van der Waals surface area contributed by atoms with Gasteiger partial charge in [-0.25, -0.2) is 0 Å². The van der Waals surface area contributed by atoms with Gasteiger partial charge in [-0.3, -0.25) is 9.59 Å². The fraction of sp³-hybridized carbons (Fsp3) is 0.885. The molecular weight excluding hydrogens is 438 g/mol. The lowest BCUT2D eigenvalue weighted by Gasteiger charge is -2.27. The Labute approximate surface area is 209 Å². The van der Waals surface area contributed by atoms with Gasteiger partial charge in [-0.15, -0.1) is 12.4 Å². The van der Waals surface area contributed by atoms with E-state index in [9.17, 15) is 14.9 Å². The highest BCUT2D eigenvalue weighted by Crippen LogP contribution is 2.24. The van der Waals surface area contributed by atoms with Crippen LogP contribution >= 0.6 is 12.4 Å². The molecule has 0 amide bonds. The molecule has 0 saturated carbocycles. The van der Waals surface area contributed by atoms with Crippen molar-refractivity contribution in [2.24, 2.45) is 11.5 Å². The first-order valence-electron chi connectivity index (χ1n) is 13.0. The molecule has 1 unspecified atom stereocenters. The van der Waals surface area contributed by atoms with Crippen molar-refractivity contribution in [2.75, 3.05) is 0 Å². The highest BCUT2D eigenvalue weighted by Gasteiger charge is 2.44. The first-order valence-corrected chi connectivity index (χ1v) is 13.0. The van der Waals surface area contributed by atoms with Crippen molar-refractivity contribution < 1.29 is 14.3 Å². The molecule has 7 heteroatoms. The zero-order valence-electron chi connectivity index (χ0n) is 21.4. The summed E-state index contributed by atoms with van der Waals surface area (Å²) in [6.07, 6.45) is 20.0. The third kappa shape index (κ3) is 16.2. The molecule has 0 aromatic heterocycles. The molecule has 6 nitrogen and oxygen atoms in total. The van der Waals surface area contributed by atoms with Crippen molar-refractivity contribution in [2.45, 2.75) is 148 Å². The van der Waals surface area contributed by atoms with Crippen LogP contribution in [-0.2, 0) is 14.3 Å². The summed E-state index contributed by atoms with van der Waals surface area (Å²) in [5.41, 5.74) is 9.40. The number of ether oxygens (including phenoxy) is 1. The Morgan fingerprint density at radius 3 is 1.42 bits per heavy atom. The molecule has 0 aliphatic carbocycles. The number of nitrogens with two attached hydrogens (primary N) is 2. The number of carbonyl (C=O) groups excluding carboxylic acids is 2.